The molecule has 0 bridgehead atoms. The van der Waals surface area contributed by atoms with Crippen LogP contribution in [0.1, 0.15) is 24.0 Å². The molecule has 0 atom stereocenters. The minimum absolute atomic E-state index is 0.362. The number of fused-ring (bicyclic) bond motifs is 3. The third kappa shape index (κ3) is 1.42. The van der Waals surface area contributed by atoms with Gasteiger partial charge in [-0.15, -0.1) is 0 Å². The molecule has 17 heavy (non-hydrogen) atoms. The molecule has 0 aromatic heterocycles. The van der Waals surface area contributed by atoms with Crippen LogP contribution in [0.5, 0.6) is 11.5 Å². The Kier molecular flexibility index (Phi) is 1.89. The topological polar surface area (TPSA) is 21.7 Å². The van der Waals surface area contributed by atoms with Crippen LogP contribution in [0.2, 0.25) is 0 Å². The summed E-state index contributed by atoms with van der Waals surface area (Å²) in [6, 6.07) is 4.28. The van der Waals surface area contributed by atoms with Crippen molar-refractivity contribution in [3.8, 4) is 11.5 Å². The molecule has 3 heteroatoms. The first-order valence-corrected chi connectivity index (χ1v) is 6.28. The summed E-state index contributed by atoms with van der Waals surface area (Å²) < 4.78 is 10.9. The standard InChI is InChI=1S/C14H15NO2/c1-2-12-6-11-8-14-13(16-9-17-14)7-10(11)3-5-15(12)4-1/h6-8H,1-5,9H2. The molecular formula is C14H15NO2. The molecule has 1 aromatic carbocycles. The molecule has 88 valence electrons. The molecule has 0 N–H and O–H groups in total. The van der Waals surface area contributed by atoms with Gasteiger partial charge in [-0.2, -0.15) is 0 Å². The van der Waals surface area contributed by atoms with Gasteiger partial charge < -0.3 is 14.4 Å². The van der Waals surface area contributed by atoms with Crippen molar-refractivity contribution < 1.29 is 9.47 Å². The van der Waals surface area contributed by atoms with E-state index < -0.39 is 0 Å². The van der Waals surface area contributed by atoms with E-state index in [1.165, 1.54) is 36.2 Å². The zero-order valence-electron chi connectivity index (χ0n) is 9.74. The van der Waals surface area contributed by atoms with E-state index in [0.29, 0.717) is 6.79 Å². The molecule has 1 aromatic rings. The highest BCUT2D eigenvalue weighted by atomic mass is 16.7. The lowest BCUT2D eigenvalue weighted by atomic mass is 10.0. The van der Waals surface area contributed by atoms with Gasteiger partial charge in [0, 0.05) is 18.8 Å². The maximum absolute atomic E-state index is 5.45. The summed E-state index contributed by atoms with van der Waals surface area (Å²) in [6.45, 7) is 2.71. The van der Waals surface area contributed by atoms with Gasteiger partial charge in [0.05, 0.1) is 0 Å². The fourth-order valence-electron chi connectivity index (χ4n) is 2.96. The number of nitrogens with zero attached hydrogens (tertiary/aromatic N) is 1. The summed E-state index contributed by atoms with van der Waals surface area (Å²) in [6.07, 6.45) is 5.95. The molecule has 3 aliphatic heterocycles. The van der Waals surface area contributed by atoms with Crippen LogP contribution in [0.3, 0.4) is 0 Å². The van der Waals surface area contributed by atoms with Crippen molar-refractivity contribution in [3.63, 3.8) is 0 Å². The van der Waals surface area contributed by atoms with Gasteiger partial charge in [0.15, 0.2) is 11.5 Å². The number of ether oxygens (including phenoxy) is 2. The lowest BCUT2D eigenvalue weighted by Crippen LogP contribution is -2.19. The Morgan fingerprint density at radius 2 is 1.88 bits per heavy atom. The van der Waals surface area contributed by atoms with Crippen molar-refractivity contribution in [2.45, 2.75) is 19.3 Å². The Bertz CT molecular complexity index is 507. The van der Waals surface area contributed by atoms with E-state index in [4.69, 9.17) is 9.47 Å². The number of hydrogen-bond acceptors (Lipinski definition) is 3. The Morgan fingerprint density at radius 3 is 2.82 bits per heavy atom. The van der Waals surface area contributed by atoms with E-state index in [9.17, 15) is 0 Å². The van der Waals surface area contributed by atoms with Crippen LogP contribution in [-0.4, -0.2) is 24.8 Å². The van der Waals surface area contributed by atoms with Gasteiger partial charge in [-0.1, -0.05) is 0 Å². The second-order valence-corrected chi connectivity index (χ2v) is 4.88. The van der Waals surface area contributed by atoms with Crippen molar-refractivity contribution in [1.29, 1.82) is 0 Å². The molecule has 0 radical (unpaired) electrons. The minimum atomic E-state index is 0.362. The van der Waals surface area contributed by atoms with E-state index in [1.807, 2.05) is 0 Å². The predicted octanol–water partition coefficient (Wildman–Crippen LogP) is 2.41. The third-order valence-corrected chi connectivity index (χ3v) is 3.87. The fraction of sp³-hybridized carbons (Fsp3) is 0.429. The molecule has 1 fully saturated rings. The predicted molar refractivity (Wildman–Crippen MR) is 65.1 cm³/mol. The quantitative estimate of drug-likeness (QED) is 0.682. The first-order chi connectivity index (χ1) is 8.40. The van der Waals surface area contributed by atoms with E-state index in [1.54, 1.807) is 0 Å². The highest BCUT2D eigenvalue weighted by Gasteiger charge is 2.23. The molecule has 0 spiro atoms. The van der Waals surface area contributed by atoms with Crippen molar-refractivity contribution in [1.82, 2.24) is 4.90 Å². The summed E-state index contributed by atoms with van der Waals surface area (Å²) in [5.41, 5.74) is 4.19. The highest BCUT2D eigenvalue weighted by Crippen LogP contribution is 2.38. The minimum Gasteiger partial charge on any atom is -0.454 e. The first-order valence-electron chi connectivity index (χ1n) is 6.28. The molecule has 0 unspecified atom stereocenters. The summed E-state index contributed by atoms with van der Waals surface area (Å²) >= 11 is 0. The SMILES string of the molecule is C1=C2CCCN2CCc2cc3c(cc21)OCO3. The average Bonchev–Trinajstić information content (AvgIpc) is 2.92. The second-order valence-electron chi connectivity index (χ2n) is 4.88. The molecule has 3 aliphatic rings. The van der Waals surface area contributed by atoms with Crippen LogP contribution in [0.25, 0.3) is 6.08 Å². The van der Waals surface area contributed by atoms with Crippen molar-refractivity contribution in [2.24, 2.45) is 0 Å². The molecule has 0 amide bonds. The first kappa shape index (κ1) is 9.40. The Morgan fingerprint density at radius 1 is 1.00 bits per heavy atom. The lowest BCUT2D eigenvalue weighted by Gasteiger charge is -2.17. The van der Waals surface area contributed by atoms with Crippen molar-refractivity contribution in [2.75, 3.05) is 19.9 Å². The van der Waals surface area contributed by atoms with Gasteiger partial charge in [0.1, 0.15) is 0 Å². The fourth-order valence-corrected chi connectivity index (χ4v) is 2.96. The summed E-state index contributed by atoms with van der Waals surface area (Å²) in [4.78, 5) is 2.51. The number of hydrogen-bond donors (Lipinski definition) is 0. The van der Waals surface area contributed by atoms with Gasteiger partial charge >= 0.3 is 0 Å². The lowest BCUT2D eigenvalue weighted by molar-refractivity contribution is 0.174. The zero-order chi connectivity index (χ0) is 11.2. The average molecular weight is 229 g/mol. The van der Waals surface area contributed by atoms with Crippen molar-refractivity contribution >= 4 is 6.08 Å². The molecular weight excluding hydrogens is 214 g/mol. The maximum atomic E-state index is 5.45. The Hall–Kier alpha value is -1.64. The zero-order valence-corrected chi connectivity index (χ0v) is 9.74. The van der Waals surface area contributed by atoms with Gasteiger partial charge in [-0.05, 0) is 48.6 Å². The smallest absolute Gasteiger partial charge is 0.231 e. The normalized spacial score (nSPS) is 20.7. The van der Waals surface area contributed by atoms with Crippen LogP contribution in [-0.2, 0) is 6.42 Å². The van der Waals surface area contributed by atoms with Gasteiger partial charge in [-0.3, -0.25) is 0 Å². The van der Waals surface area contributed by atoms with Crippen LogP contribution in [0, 0.1) is 0 Å². The van der Waals surface area contributed by atoms with E-state index >= 15 is 0 Å². The summed E-state index contributed by atoms with van der Waals surface area (Å²) in [5.74, 6) is 1.80. The maximum Gasteiger partial charge on any atom is 0.231 e. The monoisotopic (exact) mass is 229 g/mol. The van der Waals surface area contributed by atoms with Crippen LogP contribution >= 0.6 is 0 Å². The molecule has 3 heterocycles. The van der Waals surface area contributed by atoms with Crippen LogP contribution < -0.4 is 9.47 Å². The number of rotatable bonds is 0. The van der Waals surface area contributed by atoms with Crippen LogP contribution in [0.4, 0.5) is 0 Å². The van der Waals surface area contributed by atoms with Gasteiger partial charge in [-0.25, -0.2) is 0 Å². The number of benzene rings is 1. The van der Waals surface area contributed by atoms with Gasteiger partial charge in [0.2, 0.25) is 6.79 Å². The summed E-state index contributed by atoms with van der Waals surface area (Å²) in [5, 5.41) is 0. The van der Waals surface area contributed by atoms with Crippen molar-refractivity contribution in [3.05, 3.63) is 29.0 Å². The molecule has 1 saturated heterocycles. The third-order valence-electron chi connectivity index (χ3n) is 3.87. The highest BCUT2D eigenvalue weighted by molar-refractivity contribution is 5.63. The Balaban J connectivity index is 1.83. The Labute approximate surface area is 101 Å². The molecule has 0 aliphatic carbocycles. The molecule has 4 rings (SSSR count). The molecule has 3 nitrogen and oxygen atoms in total. The van der Waals surface area contributed by atoms with E-state index in [0.717, 1.165) is 24.5 Å². The van der Waals surface area contributed by atoms with Gasteiger partial charge in [0.25, 0.3) is 0 Å². The van der Waals surface area contributed by atoms with Crippen LogP contribution in [0.15, 0.2) is 17.8 Å². The summed E-state index contributed by atoms with van der Waals surface area (Å²) in [7, 11) is 0. The number of allylic oxidation sites excluding steroid dienone is 1. The second kappa shape index (κ2) is 3.42. The largest absolute Gasteiger partial charge is 0.454 e. The van der Waals surface area contributed by atoms with E-state index in [2.05, 4.69) is 23.1 Å². The van der Waals surface area contributed by atoms with E-state index in [-0.39, 0.29) is 0 Å². The molecule has 0 saturated carbocycles.